The second kappa shape index (κ2) is 5.78. The number of aliphatic hydroxyl groups excluding tert-OH is 2. The summed E-state index contributed by atoms with van der Waals surface area (Å²) in [7, 11) is 0. The van der Waals surface area contributed by atoms with Crippen molar-refractivity contribution in [1.82, 2.24) is 0 Å². The standard InChI is InChI=1S/C16H16O3/c17-11-16(12-18,14-9-5-2-6-10-14)15(19)13-7-3-1-4-8-13/h1-10,17-18H,11-12H2. The minimum absolute atomic E-state index is 0.274. The maximum Gasteiger partial charge on any atom is 0.178 e. The molecule has 0 fully saturated rings. The summed E-state index contributed by atoms with van der Waals surface area (Å²) in [6, 6.07) is 17.6. The summed E-state index contributed by atoms with van der Waals surface area (Å²) < 4.78 is 0. The second-order valence-corrected chi connectivity index (χ2v) is 4.46. The fourth-order valence-electron chi connectivity index (χ4n) is 2.13. The van der Waals surface area contributed by atoms with Crippen LogP contribution in [0.3, 0.4) is 0 Å². The number of hydrogen-bond acceptors (Lipinski definition) is 3. The SMILES string of the molecule is O=C(c1ccccc1)C(CO)(CO)c1ccccc1. The molecule has 0 aliphatic carbocycles. The van der Waals surface area contributed by atoms with E-state index < -0.39 is 18.6 Å². The molecule has 19 heavy (non-hydrogen) atoms. The average molecular weight is 256 g/mol. The first-order chi connectivity index (χ1) is 9.24. The van der Waals surface area contributed by atoms with Crippen molar-refractivity contribution in [3.63, 3.8) is 0 Å². The van der Waals surface area contributed by atoms with Gasteiger partial charge in [-0.1, -0.05) is 60.7 Å². The molecule has 3 nitrogen and oxygen atoms in total. The van der Waals surface area contributed by atoms with E-state index in [1.165, 1.54) is 0 Å². The number of benzene rings is 2. The third-order valence-electron chi connectivity index (χ3n) is 3.34. The molecule has 0 amide bonds. The van der Waals surface area contributed by atoms with Gasteiger partial charge in [-0.05, 0) is 5.56 Å². The van der Waals surface area contributed by atoms with E-state index in [4.69, 9.17) is 0 Å². The Hall–Kier alpha value is -1.97. The molecule has 0 aliphatic heterocycles. The minimum atomic E-state index is -1.29. The Bertz CT molecular complexity index is 530. The molecule has 0 aliphatic rings. The molecule has 0 radical (unpaired) electrons. The molecule has 0 unspecified atom stereocenters. The second-order valence-electron chi connectivity index (χ2n) is 4.46. The lowest BCUT2D eigenvalue weighted by molar-refractivity contribution is 0.0667. The summed E-state index contributed by atoms with van der Waals surface area (Å²) >= 11 is 0. The molecule has 2 rings (SSSR count). The van der Waals surface area contributed by atoms with Crippen molar-refractivity contribution in [2.45, 2.75) is 5.41 Å². The lowest BCUT2D eigenvalue weighted by Crippen LogP contribution is -2.43. The number of carbonyl (C=O) groups excluding carboxylic acids is 1. The Balaban J connectivity index is 2.49. The monoisotopic (exact) mass is 256 g/mol. The van der Waals surface area contributed by atoms with Crippen LogP contribution in [0.1, 0.15) is 15.9 Å². The number of Topliss-reactive ketones (excluding diaryl/α,β-unsaturated/α-hetero) is 1. The molecule has 98 valence electrons. The van der Waals surface area contributed by atoms with Crippen LogP contribution in [0.5, 0.6) is 0 Å². The number of ketones is 1. The van der Waals surface area contributed by atoms with Gasteiger partial charge < -0.3 is 10.2 Å². The van der Waals surface area contributed by atoms with E-state index in [0.717, 1.165) is 0 Å². The zero-order chi connectivity index (χ0) is 13.7. The molecule has 0 saturated carbocycles. The fraction of sp³-hybridized carbons (Fsp3) is 0.188. The van der Waals surface area contributed by atoms with Gasteiger partial charge >= 0.3 is 0 Å². The normalized spacial score (nSPS) is 11.3. The third kappa shape index (κ3) is 2.43. The van der Waals surface area contributed by atoms with Gasteiger partial charge in [0, 0.05) is 5.56 Å². The van der Waals surface area contributed by atoms with Gasteiger partial charge in [0.15, 0.2) is 5.78 Å². The summed E-state index contributed by atoms with van der Waals surface area (Å²) in [4.78, 5) is 12.6. The van der Waals surface area contributed by atoms with E-state index in [0.29, 0.717) is 11.1 Å². The molecule has 0 spiro atoms. The Morgan fingerprint density at radius 1 is 0.842 bits per heavy atom. The summed E-state index contributed by atoms with van der Waals surface area (Å²) in [5.41, 5.74) is -0.189. The van der Waals surface area contributed by atoms with Crippen LogP contribution in [0, 0.1) is 0 Å². The lowest BCUT2D eigenvalue weighted by Gasteiger charge is -2.28. The first-order valence-corrected chi connectivity index (χ1v) is 6.12. The predicted octanol–water partition coefficient (Wildman–Crippen LogP) is 1.79. The third-order valence-corrected chi connectivity index (χ3v) is 3.34. The molecule has 3 heteroatoms. The minimum Gasteiger partial charge on any atom is -0.395 e. The molecule has 0 bridgehead atoms. The topological polar surface area (TPSA) is 57.5 Å². The number of hydrogen-bond donors (Lipinski definition) is 2. The van der Waals surface area contributed by atoms with Gasteiger partial charge in [0.25, 0.3) is 0 Å². The predicted molar refractivity (Wildman–Crippen MR) is 73.1 cm³/mol. The molecule has 2 N–H and O–H groups in total. The van der Waals surface area contributed by atoms with E-state index >= 15 is 0 Å². The Morgan fingerprint density at radius 2 is 1.32 bits per heavy atom. The van der Waals surface area contributed by atoms with Gasteiger partial charge in [-0.3, -0.25) is 4.79 Å². The fourth-order valence-corrected chi connectivity index (χ4v) is 2.13. The highest BCUT2D eigenvalue weighted by atomic mass is 16.3. The van der Waals surface area contributed by atoms with Crippen molar-refractivity contribution in [2.24, 2.45) is 0 Å². The van der Waals surface area contributed by atoms with Gasteiger partial charge in [0.1, 0.15) is 5.41 Å². The summed E-state index contributed by atoms with van der Waals surface area (Å²) in [6.07, 6.45) is 0. The maximum absolute atomic E-state index is 12.6. The van der Waals surface area contributed by atoms with Crippen LogP contribution >= 0.6 is 0 Å². The Morgan fingerprint density at radius 3 is 1.79 bits per heavy atom. The molecule has 0 aromatic heterocycles. The van der Waals surface area contributed by atoms with Gasteiger partial charge in [-0.25, -0.2) is 0 Å². The van der Waals surface area contributed by atoms with Crippen LogP contribution in [0.4, 0.5) is 0 Å². The molecular formula is C16H16O3. The molecule has 0 heterocycles. The highest BCUT2D eigenvalue weighted by Gasteiger charge is 2.39. The van der Waals surface area contributed by atoms with Gasteiger partial charge in [-0.15, -0.1) is 0 Å². The molecule has 2 aromatic rings. The summed E-state index contributed by atoms with van der Waals surface area (Å²) in [5, 5.41) is 19.4. The number of aliphatic hydroxyl groups is 2. The quantitative estimate of drug-likeness (QED) is 0.802. The smallest absolute Gasteiger partial charge is 0.178 e. The first kappa shape index (κ1) is 13.5. The van der Waals surface area contributed by atoms with Crippen molar-refractivity contribution < 1.29 is 15.0 Å². The largest absolute Gasteiger partial charge is 0.395 e. The van der Waals surface area contributed by atoms with Crippen LogP contribution in [0.15, 0.2) is 60.7 Å². The van der Waals surface area contributed by atoms with Crippen molar-refractivity contribution in [1.29, 1.82) is 0 Å². The lowest BCUT2D eigenvalue weighted by atomic mass is 9.75. The highest BCUT2D eigenvalue weighted by Crippen LogP contribution is 2.27. The van der Waals surface area contributed by atoms with Crippen LogP contribution < -0.4 is 0 Å². The Labute approximate surface area is 112 Å². The van der Waals surface area contributed by atoms with E-state index in [2.05, 4.69) is 0 Å². The van der Waals surface area contributed by atoms with Crippen molar-refractivity contribution in [2.75, 3.05) is 13.2 Å². The molecule has 0 atom stereocenters. The van der Waals surface area contributed by atoms with Crippen molar-refractivity contribution in [3.05, 3.63) is 71.8 Å². The van der Waals surface area contributed by atoms with Crippen molar-refractivity contribution in [3.8, 4) is 0 Å². The number of rotatable bonds is 5. The van der Waals surface area contributed by atoms with E-state index in [-0.39, 0.29) is 5.78 Å². The maximum atomic E-state index is 12.6. The Kier molecular flexibility index (Phi) is 4.10. The highest BCUT2D eigenvalue weighted by molar-refractivity contribution is 6.04. The van der Waals surface area contributed by atoms with Gasteiger partial charge in [-0.2, -0.15) is 0 Å². The van der Waals surface area contributed by atoms with Crippen molar-refractivity contribution >= 4 is 5.78 Å². The number of carbonyl (C=O) groups is 1. The van der Waals surface area contributed by atoms with Gasteiger partial charge in [0.05, 0.1) is 13.2 Å². The van der Waals surface area contributed by atoms with Crippen LogP contribution in [0.25, 0.3) is 0 Å². The molecule has 2 aromatic carbocycles. The average Bonchev–Trinajstić information content (AvgIpc) is 2.51. The zero-order valence-corrected chi connectivity index (χ0v) is 10.5. The van der Waals surface area contributed by atoms with Crippen LogP contribution in [-0.4, -0.2) is 29.2 Å². The first-order valence-electron chi connectivity index (χ1n) is 6.12. The zero-order valence-electron chi connectivity index (χ0n) is 10.5. The molecular weight excluding hydrogens is 240 g/mol. The summed E-state index contributed by atoms with van der Waals surface area (Å²) in [5.74, 6) is -0.274. The van der Waals surface area contributed by atoms with Crippen LogP contribution in [-0.2, 0) is 5.41 Å². The summed E-state index contributed by atoms with van der Waals surface area (Å²) in [6.45, 7) is -0.859. The van der Waals surface area contributed by atoms with E-state index in [1.54, 1.807) is 48.5 Å². The van der Waals surface area contributed by atoms with Crippen LogP contribution in [0.2, 0.25) is 0 Å². The van der Waals surface area contributed by atoms with E-state index in [1.807, 2.05) is 12.1 Å². The van der Waals surface area contributed by atoms with E-state index in [9.17, 15) is 15.0 Å². The molecule has 0 saturated heterocycles. The van der Waals surface area contributed by atoms with Gasteiger partial charge in [0.2, 0.25) is 0 Å².